The minimum atomic E-state index is -0.0648. The van der Waals surface area contributed by atoms with E-state index in [-0.39, 0.29) is 12.1 Å². The van der Waals surface area contributed by atoms with E-state index in [1.54, 1.807) is 14.2 Å². The lowest BCUT2D eigenvalue weighted by atomic mass is 10.1. The third-order valence-electron chi connectivity index (χ3n) is 4.72. The van der Waals surface area contributed by atoms with Crippen molar-refractivity contribution in [3.8, 4) is 5.75 Å². The van der Waals surface area contributed by atoms with Gasteiger partial charge in [0.05, 0.1) is 37.3 Å². The van der Waals surface area contributed by atoms with Gasteiger partial charge in [-0.2, -0.15) is 5.10 Å². The SMILES string of the molecule is COCc1cc(CNC(=O)N2CCN(c3ccccc3OC)CC2C)[nH]n1. The van der Waals surface area contributed by atoms with E-state index < -0.39 is 0 Å². The van der Waals surface area contributed by atoms with Crippen molar-refractivity contribution in [2.75, 3.05) is 38.8 Å². The molecule has 27 heavy (non-hydrogen) atoms. The number of ether oxygens (including phenoxy) is 2. The number of urea groups is 1. The number of methoxy groups -OCH3 is 2. The summed E-state index contributed by atoms with van der Waals surface area (Å²) in [5.41, 5.74) is 2.74. The van der Waals surface area contributed by atoms with Gasteiger partial charge in [0.2, 0.25) is 0 Å². The monoisotopic (exact) mass is 373 g/mol. The number of anilines is 1. The van der Waals surface area contributed by atoms with Gasteiger partial charge in [0.25, 0.3) is 0 Å². The van der Waals surface area contributed by atoms with Crippen LogP contribution in [-0.4, -0.2) is 61.0 Å². The number of amides is 2. The zero-order chi connectivity index (χ0) is 19.2. The molecule has 0 spiro atoms. The van der Waals surface area contributed by atoms with E-state index in [2.05, 4.69) is 33.4 Å². The number of rotatable bonds is 6. The zero-order valence-electron chi connectivity index (χ0n) is 16.1. The highest BCUT2D eigenvalue weighted by Gasteiger charge is 2.28. The van der Waals surface area contributed by atoms with E-state index in [0.29, 0.717) is 19.7 Å². The van der Waals surface area contributed by atoms with E-state index in [9.17, 15) is 4.79 Å². The van der Waals surface area contributed by atoms with Crippen LogP contribution in [0.15, 0.2) is 30.3 Å². The smallest absolute Gasteiger partial charge is 0.318 e. The predicted molar refractivity (Wildman–Crippen MR) is 103 cm³/mol. The summed E-state index contributed by atoms with van der Waals surface area (Å²) in [5.74, 6) is 0.855. The Morgan fingerprint density at radius 3 is 2.89 bits per heavy atom. The number of carbonyl (C=O) groups is 1. The Labute approximate surface area is 159 Å². The van der Waals surface area contributed by atoms with Gasteiger partial charge >= 0.3 is 6.03 Å². The molecule has 1 unspecified atom stereocenters. The third-order valence-corrected chi connectivity index (χ3v) is 4.72. The fourth-order valence-electron chi connectivity index (χ4n) is 3.36. The summed E-state index contributed by atoms with van der Waals surface area (Å²) in [4.78, 5) is 16.7. The van der Waals surface area contributed by atoms with E-state index in [1.807, 2.05) is 29.2 Å². The number of carbonyl (C=O) groups excluding carboxylic acids is 1. The lowest BCUT2D eigenvalue weighted by molar-refractivity contribution is 0.171. The molecule has 2 aromatic rings. The molecule has 1 atom stereocenters. The Balaban J connectivity index is 1.55. The van der Waals surface area contributed by atoms with Crippen molar-refractivity contribution < 1.29 is 14.3 Å². The normalized spacial score (nSPS) is 17.1. The number of H-pyrrole nitrogens is 1. The first-order chi connectivity index (χ1) is 13.1. The molecular weight excluding hydrogens is 346 g/mol. The maximum Gasteiger partial charge on any atom is 0.318 e. The first-order valence-corrected chi connectivity index (χ1v) is 9.07. The lowest BCUT2D eigenvalue weighted by Crippen LogP contribution is -2.56. The van der Waals surface area contributed by atoms with E-state index in [4.69, 9.17) is 9.47 Å². The van der Waals surface area contributed by atoms with Gasteiger partial charge in [0.15, 0.2) is 0 Å². The van der Waals surface area contributed by atoms with Crippen molar-refractivity contribution in [2.24, 2.45) is 0 Å². The maximum atomic E-state index is 12.6. The molecule has 8 nitrogen and oxygen atoms in total. The summed E-state index contributed by atoms with van der Waals surface area (Å²) in [7, 11) is 3.31. The molecule has 2 amide bonds. The Morgan fingerprint density at radius 2 is 2.15 bits per heavy atom. The zero-order valence-corrected chi connectivity index (χ0v) is 16.1. The summed E-state index contributed by atoms with van der Waals surface area (Å²) in [6.07, 6.45) is 0. The molecular formula is C19H27N5O3. The Bertz CT molecular complexity index is 763. The summed E-state index contributed by atoms with van der Waals surface area (Å²) >= 11 is 0. The Morgan fingerprint density at radius 1 is 1.33 bits per heavy atom. The number of nitrogens with zero attached hydrogens (tertiary/aromatic N) is 3. The van der Waals surface area contributed by atoms with Gasteiger partial charge in [0.1, 0.15) is 5.75 Å². The molecule has 1 fully saturated rings. The Kier molecular flexibility index (Phi) is 6.18. The summed E-state index contributed by atoms with van der Waals surface area (Å²) in [5, 5.41) is 10.0. The fourth-order valence-corrected chi connectivity index (χ4v) is 3.36. The molecule has 0 radical (unpaired) electrons. The van der Waals surface area contributed by atoms with E-state index >= 15 is 0 Å². The predicted octanol–water partition coefficient (Wildman–Crippen LogP) is 1.98. The standard InChI is InChI=1S/C19H27N5O3/c1-14-12-23(17-6-4-5-7-18(17)27-3)8-9-24(14)19(25)20-11-15-10-16(13-26-2)22-21-15/h4-7,10,14H,8-9,11-13H2,1-3H3,(H,20,25)(H,21,22). The van der Waals surface area contributed by atoms with Crippen LogP contribution < -0.4 is 15.0 Å². The second-order valence-corrected chi connectivity index (χ2v) is 6.64. The Hall–Kier alpha value is -2.74. The van der Waals surface area contributed by atoms with Crippen LogP contribution in [0.25, 0.3) is 0 Å². The molecule has 2 N–H and O–H groups in total. The average molecular weight is 373 g/mol. The summed E-state index contributed by atoms with van der Waals surface area (Å²) < 4.78 is 10.5. The molecule has 8 heteroatoms. The van der Waals surface area contributed by atoms with Gasteiger partial charge in [-0.05, 0) is 25.1 Å². The average Bonchev–Trinajstić information content (AvgIpc) is 3.14. The molecule has 146 valence electrons. The highest BCUT2D eigenvalue weighted by atomic mass is 16.5. The highest BCUT2D eigenvalue weighted by molar-refractivity contribution is 5.75. The molecule has 0 bridgehead atoms. The van der Waals surface area contributed by atoms with Crippen molar-refractivity contribution in [2.45, 2.75) is 26.1 Å². The minimum absolute atomic E-state index is 0.0648. The van der Waals surface area contributed by atoms with E-state index in [1.165, 1.54) is 0 Å². The van der Waals surface area contributed by atoms with Gasteiger partial charge in [-0.3, -0.25) is 5.10 Å². The highest BCUT2D eigenvalue weighted by Crippen LogP contribution is 2.29. The topological polar surface area (TPSA) is 82.7 Å². The van der Waals surface area contributed by atoms with Crippen molar-refractivity contribution in [3.63, 3.8) is 0 Å². The number of hydrogen-bond donors (Lipinski definition) is 2. The van der Waals surface area contributed by atoms with Crippen LogP contribution in [0.3, 0.4) is 0 Å². The first kappa shape index (κ1) is 19.0. The fraction of sp³-hybridized carbons (Fsp3) is 0.474. The molecule has 0 aliphatic carbocycles. The molecule has 1 aliphatic heterocycles. The number of hydrogen-bond acceptors (Lipinski definition) is 5. The molecule has 0 saturated carbocycles. The van der Waals surface area contributed by atoms with Crippen LogP contribution >= 0.6 is 0 Å². The van der Waals surface area contributed by atoms with Crippen molar-refractivity contribution in [1.29, 1.82) is 0 Å². The van der Waals surface area contributed by atoms with Crippen LogP contribution in [0.4, 0.5) is 10.5 Å². The summed E-state index contributed by atoms with van der Waals surface area (Å²) in [6.45, 7) is 5.11. The molecule has 1 aromatic heterocycles. The van der Waals surface area contributed by atoms with Gasteiger partial charge in [0, 0.05) is 32.8 Å². The first-order valence-electron chi connectivity index (χ1n) is 9.07. The molecule has 1 saturated heterocycles. The van der Waals surface area contributed by atoms with Crippen LogP contribution in [0.2, 0.25) is 0 Å². The van der Waals surface area contributed by atoms with Gasteiger partial charge in [-0.15, -0.1) is 0 Å². The number of nitrogens with one attached hydrogen (secondary N) is 2. The maximum absolute atomic E-state index is 12.6. The number of piperazine rings is 1. The van der Waals surface area contributed by atoms with Crippen molar-refractivity contribution >= 4 is 11.7 Å². The van der Waals surface area contributed by atoms with Crippen LogP contribution in [0.1, 0.15) is 18.3 Å². The van der Waals surface area contributed by atoms with Gasteiger partial charge in [-0.1, -0.05) is 12.1 Å². The number of aromatic amines is 1. The van der Waals surface area contributed by atoms with Crippen LogP contribution in [-0.2, 0) is 17.9 Å². The van der Waals surface area contributed by atoms with Crippen LogP contribution in [0, 0.1) is 0 Å². The molecule has 3 rings (SSSR count). The number of aromatic nitrogens is 2. The largest absolute Gasteiger partial charge is 0.495 e. The lowest BCUT2D eigenvalue weighted by Gasteiger charge is -2.41. The quantitative estimate of drug-likeness (QED) is 0.809. The van der Waals surface area contributed by atoms with Crippen LogP contribution in [0.5, 0.6) is 5.75 Å². The third kappa shape index (κ3) is 4.51. The van der Waals surface area contributed by atoms with Crippen molar-refractivity contribution in [3.05, 3.63) is 41.7 Å². The number of benzene rings is 1. The van der Waals surface area contributed by atoms with E-state index in [0.717, 1.165) is 35.9 Å². The second kappa shape index (κ2) is 8.77. The minimum Gasteiger partial charge on any atom is -0.495 e. The molecule has 2 heterocycles. The second-order valence-electron chi connectivity index (χ2n) is 6.64. The van der Waals surface area contributed by atoms with Crippen molar-refractivity contribution in [1.82, 2.24) is 20.4 Å². The molecule has 1 aliphatic rings. The summed E-state index contributed by atoms with van der Waals surface area (Å²) in [6, 6.07) is 9.90. The molecule has 1 aromatic carbocycles. The van der Waals surface area contributed by atoms with Gasteiger partial charge in [-0.25, -0.2) is 4.79 Å². The van der Waals surface area contributed by atoms with Gasteiger partial charge < -0.3 is 24.6 Å². The number of para-hydroxylation sites is 2.